The van der Waals surface area contributed by atoms with Crippen LogP contribution in [0.4, 0.5) is 4.79 Å². The van der Waals surface area contributed by atoms with E-state index in [1.54, 1.807) is 0 Å². The second kappa shape index (κ2) is 95.4. The molecule has 0 saturated carbocycles. The van der Waals surface area contributed by atoms with E-state index in [0.29, 0.717) is 96.7 Å². The Kier molecular flexibility index (Phi) is 96.3. The van der Waals surface area contributed by atoms with Gasteiger partial charge in [-0.3, -0.25) is 29.0 Å². The van der Waals surface area contributed by atoms with Crippen LogP contribution in [0.3, 0.4) is 0 Å². The molecule has 680 valence electrons. The zero-order valence-corrected chi connectivity index (χ0v) is 78.1. The van der Waals surface area contributed by atoms with Crippen molar-refractivity contribution < 1.29 is 52.8 Å². The van der Waals surface area contributed by atoms with Gasteiger partial charge in [-0.1, -0.05) is 340 Å². The second-order valence-corrected chi connectivity index (χ2v) is 33.1. The summed E-state index contributed by atoms with van der Waals surface area (Å²) >= 11 is 0. The molecule has 0 aromatic heterocycles. The molecule has 0 saturated heterocycles. The normalized spacial score (nSPS) is 11.5. The first kappa shape index (κ1) is 115. The second-order valence-electron chi connectivity index (χ2n) is 33.1. The largest absolute Gasteiger partial charge is 0.465 e. The summed E-state index contributed by atoms with van der Waals surface area (Å²) < 4.78 is 28.2. The molecule has 17 nitrogen and oxygen atoms in total. The summed E-state index contributed by atoms with van der Waals surface area (Å²) in [5.41, 5.74) is 0. The van der Waals surface area contributed by atoms with E-state index < -0.39 is 0 Å². The highest BCUT2D eigenvalue weighted by molar-refractivity contribution is 5.70. The van der Waals surface area contributed by atoms with E-state index in [4.69, 9.17) is 28.8 Å². The van der Waals surface area contributed by atoms with Gasteiger partial charge >= 0.3 is 30.0 Å². The smallest absolute Gasteiger partial charge is 0.409 e. The summed E-state index contributed by atoms with van der Waals surface area (Å²) in [6.07, 6.45) is 64.8. The maximum atomic E-state index is 13.3. The van der Waals surface area contributed by atoms with Crippen molar-refractivity contribution in [3.05, 3.63) is 0 Å². The first-order chi connectivity index (χ1) is 55.8. The fourth-order valence-electron chi connectivity index (χ4n) is 14.6. The molecule has 0 radical (unpaired) electrons. The van der Waals surface area contributed by atoms with Crippen LogP contribution in [0.25, 0.3) is 0 Å². The van der Waals surface area contributed by atoms with E-state index in [9.17, 15) is 24.0 Å². The molecule has 0 rings (SSSR count). The zero-order chi connectivity index (χ0) is 84.3. The number of nitrogens with one attached hydrogen (secondary N) is 1. The number of likely N-dealkylation sites (N-methyl/N-ethyl adjacent to an activating group) is 2. The fourth-order valence-corrected chi connectivity index (χ4v) is 14.6. The Balaban J connectivity index is -0.00000184. The lowest BCUT2D eigenvalue weighted by atomic mass is 9.95. The molecule has 0 bridgehead atoms. The molecule has 0 unspecified atom stereocenters. The van der Waals surface area contributed by atoms with Crippen LogP contribution in [0.2, 0.25) is 0 Å². The maximum Gasteiger partial charge on any atom is 0.409 e. The van der Waals surface area contributed by atoms with E-state index in [1.165, 1.54) is 257 Å². The predicted octanol–water partition coefficient (Wildman–Crippen LogP) is 24.7. The Morgan fingerprint density at radius 1 is 0.254 bits per heavy atom. The minimum atomic E-state index is -0.208. The number of amides is 1. The van der Waals surface area contributed by atoms with Crippen molar-refractivity contribution in [2.75, 3.05) is 144 Å². The topological polar surface area (TPSA) is 180 Å². The van der Waals surface area contributed by atoms with Gasteiger partial charge in [0, 0.05) is 91.1 Å². The number of carbonyl (C=O) groups is 5. The van der Waals surface area contributed by atoms with Crippen LogP contribution in [0.5, 0.6) is 0 Å². The minimum absolute atomic E-state index is 0.0188. The summed E-state index contributed by atoms with van der Waals surface area (Å²) in [6, 6.07) is 0. The lowest BCUT2D eigenvalue weighted by Crippen LogP contribution is -2.40. The molecule has 0 aliphatic carbocycles. The molecule has 1 amide bonds. The van der Waals surface area contributed by atoms with Gasteiger partial charge in [0.05, 0.1) is 19.8 Å². The van der Waals surface area contributed by atoms with Crippen LogP contribution < -0.4 is 5.32 Å². The molecule has 0 atom stereocenters. The number of carbonyl (C=O) groups excluding carboxylic acids is 5. The molecular formula is C97H196N6O11. The number of esters is 4. The van der Waals surface area contributed by atoms with Gasteiger partial charge in [-0.25, -0.2) is 4.79 Å². The van der Waals surface area contributed by atoms with Crippen molar-refractivity contribution in [2.45, 2.75) is 443 Å². The van der Waals surface area contributed by atoms with Crippen molar-refractivity contribution in [1.29, 1.82) is 0 Å². The SMILES string of the molecule is CCCCCCCC(=O)OCCN(CCO)CCN(CC)CC.CCCCCCCC(=O)OCCN(CCOC(=O)N(CCCCCC)CCCCCCCCCC(=O)OCC(CCCCCC)CCCCCC)CCN(CC)CC.CCCCCCNCCCCCCCCCC(=O)OCC(CCCCCC)CCCCCC. The summed E-state index contributed by atoms with van der Waals surface area (Å²) in [6.45, 7) is 43.3. The highest BCUT2D eigenvalue weighted by Crippen LogP contribution is 2.23. The van der Waals surface area contributed by atoms with Gasteiger partial charge in [0.25, 0.3) is 0 Å². The number of nitrogens with zero attached hydrogens (tertiary/aromatic N) is 5. The quantitative estimate of drug-likeness (QED) is 0.0333. The molecule has 0 aromatic carbocycles. The minimum Gasteiger partial charge on any atom is -0.465 e. The molecule has 114 heavy (non-hydrogen) atoms. The van der Waals surface area contributed by atoms with Crippen LogP contribution in [0, 0.1) is 11.8 Å². The highest BCUT2D eigenvalue weighted by Gasteiger charge is 2.19. The van der Waals surface area contributed by atoms with Crippen molar-refractivity contribution in [2.24, 2.45) is 11.8 Å². The van der Waals surface area contributed by atoms with Crippen molar-refractivity contribution in [3.8, 4) is 0 Å². The van der Waals surface area contributed by atoms with Crippen molar-refractivity contribution in [1.82, 2.24) is 29.8 Å². The van der Waals surface area contributed by atoms with Crippen LogP contribution in [-0.4, -0.2) is 204 Å². The molecule has 0 fully saturated rings. The lowest BCUT2D eigenvalue weighted by Gasteiger charge is -2.27. The van der Waals surface area contributed by atoms with Gasteiger partial charge in [-0.15, -0.1) is 0 Å². The number of unbranched alkanes of at least 4 members (excludes halogenated alkanes) is 38. The third kappa shape index (κ3) is 85.3. The average molecular weight is 1620 g/mol. The Morgan fingerprint density at radius 3 is 0.816 bits per heavy atom. The number of hydrogen-bond acceptors (Lipinski definition) is 16. The Hall–Kier alpha value is -3.09. The summed E-state index contributed by atoms with van der Waals surface area (Å²) in [5, 5.41) is 12.7. The number of rotatable bonds is 87. The Bertz CT molecular complexity index is 1940. The standard InChI is InChI=1S/C49H97N3O6.C30H61NO2.C18H38N2O3/c1-7-13-17-24-29-35-47(53)56-43-41-51(40-39-50(11-5)12-6)42-44-57-49(55)52(37-31-20-16-10-4)38-32-26-23-21-22-25-30-36-48(54)58-45-46(33-27-18-14-8-2)34-28-19-15-9-3;1-4-7-10-18-23-29(24-19-11-8-5-2)28-33-30(32)25-20-16-14-13-15-17-22-27-31-26-21-12-9-6-3;1-4-7-8-9-10-11-18(22)23-17-15-20(14-16-21)13-12-19(5-2)6-3/h46H,7-45H2,1-6H3;29,31H,4-28H2,1-3H3;21H,4-17H2,1-3H3. The van der Waals surface area contributed by atoms with Gasteiger partial charge in [-0.2, -0.15) is 0 Å². The monoisotopic (exact) mass is 1620 g/mol. The molecule has 0 aliphatic rings. The summed E-state index contributed by atoms with van der Waals surface area (Å²) in [5.74, 6) is 0.917. The third-order valence-electron chi connectivity index (χ3n) is 22.7. The van der Waals surface area contributed by atoms with E-state index in [-0.39, 0.29) is 36.6 Å². The number of ether oxygens (including phenoxy) is 5. The van der Waals surface area contributed by atoms with Crippen molar-refractivity contribution in [3.63, 3.8) is 0 Å². The van der Waals surface area contributed by atoms with Gasteiger partial charge in [-0.05, 0) is 128 Å². The van der Waals surface area contributed by atoms with Crippen LogP contribution >= 0.6 is 0 Å². The van der Waals surface area contributed by atoms with Crippen LogP contribution in [-0.2, 0) is 42.9 Å². The first-order valence-corrected chi connectivity index (χ1v) is 49.5. The molecule has 0 aliphatic heterocycles. The van der Waals surface area contributed by atoms with Gasteiger partial charge < -0.3 is 48.8 Å². The first-order valence-electron chi connectivity index (χ1n) is 49.5. The number of aliphatic hydroxyl groups excluding tert-OH is 1. The predicted molar refractivity (Wildman–Crippen MR) is 486 cm³/mol. The van der Waals surface area contributed by atoms with Gasteiger partial charge in [0.1, 0.15) is 19.8 Å². The van der Waals surface area contributed by atoms with E-state index >= 15 is 0 Å². The summed E-state index contributed by atoms with van der Waals surface area (Å²) in [7, 11) is 0. The van der Waals surface area contributed by atoms with Gasteiger partial charge in [0.2, 0.25) is 0 Å². The van der Waals surface area contributed by atoms with E-state index in [1.807, 2.05) is 4.90 Å². The average Bonchev–Trinajstić information content (AvgIpc) is 0.932. The molecule has 0 spiro atoms. The molecule has 17 heteroatoms. The van der Waals surface area contributed by atoms with E-state index in [0.717, 1.165) is 155 Å². The Labute approximate surface area is 707 Å². The molecule has 2 N–H and O–H groups in total. The fraction of sp³-hybridized carbons (Fsp3) is 0.948. The molecule has 0 aromatic rings. The van der Waals surface area contributed by atoms with Crippen LogP contribution in [0.1, 0.15) is 443 Å². The maximum absolute atomic E-state index is 13.3. The van der Waals surface area contributed by atoms with E-state index in [2.05, 4.69) is 108 Å². The third-order valence-corrected chi connectivity index (χ3v) is 22.7. The highest BCUT2D eigenvalue weighted by atomic mass is 16.6. The number of aliphatic hydroxyl groups is 1. The van der Waals surface area contributed by atoms with Crippen LogP contribution in [0.15, 0.2) is 0 Å². The molecular weight excluding hydrogens is 1430 g/mol. The molecule has 0 heterocycles. The van der Waals surface area contributed by atoms with Crippen molar-refractivity contribution >= 4 is 30.0 Å². The summed E-state index contributed by atoms with van der Waals surface area (Å²) in [4.78, 5) is 73.1. The van der Waals surface area contributed by atoms with Gasteiger partial charge in [0.15, 0.2) is 0 Å². The lowest BCUT2D eigenvalue weighted by molar-refractivity contribution is -0.146. The number of hydrogen-bond donors (Lipinski definition) is 2. The Morgan fingerprint density at radius 2 is 0.500 bits per heavy atom. The zero-order valence-electron chi connectivity index (χ0n) is 78.1.